The first kappa shape index (κ1) is 11.7. The summed E-state index contributed by atoms with van der Waals surface area (Å²) in [4.78, 5) is 0. The fourth-order valence-electron chi connectivity index (χ4n) is 1.63. The van der Waals surface area contributed by atoms with Gasteiger partial charge in [-0.15, -0.1) is 0 Å². The van der Waals surface area contributed by atoms with Crippen LogP contribution in [0.25, 0.3) is 0 Å². The molecule has 0 fully saturated rings. The van der Waals surface area contributed by atoms with Crippen molar-refractivity contribution in [3.8, 4) is 5.75 Å². The van der Waals surface area contributed by atoms with E-state index in [2.05, 4.69) is 5.10 Å². The molecule has 1 aromatic heterocycles. The number of hydrogen-bond donors (Lipinski definition) is 1. The zero-order valence-corrected chi connectivity index (χ0v) is 10.2. The molecule has 0 unspecified atom stereocenters. The van der Waals surface area contributed by atoms with E-state index in [1.165, 1.54) is 0 Å². The standard InChI is InChI=1S/C13H17N3O/c1-10-3-4-11(6-14)5-13(10)17-9-12-7-15-16(2)8-12/h3-5,7-8H,6,9,14H2,1-2H3. The minimum absolute atomic E-state index is 0.530. The molecule has 0 aliphatic carbocycles. The Labute approximate surface area is 101 Å². The van der Waals surface area contributed by atoms with Crippen LogP contribution in [-0.2, 0) is 20.2 Å². The Hall–Kier alpha value is -1.81. The van der Waals surface area contributed by atoms with E-state index in [0.29, 0.717) is 13.2 Å². The van der Waals surface area contributed by atoms with Crippen LogP contribution in [0.2, 0.25) is 0 Å². The van der Waals surface area contributed by atoms with Crippen LogP contribution in [0, 0.1) is 6.92 Å². The van der Waals surface area contributed by atoms with E-state index in [1.807, 2.05) is 44.6 Å². The molecule has 0 spiro atoms. The molecule has 2 rings (SSSR count). The number of aromatic nitrogens is 2. The van der Waals surface area contributed by atoms with Gasteiger partial charge in [0.25, 0.3) is 0 Å². The van der Waals surface area contributed by atoms with E-state index in [9.17, 15) is 0 Å². The van der Waals surface area contributed by atoms with Crippen LogP contribution >= 0.6 is 0 Å². The number of nitrogens with two attached hydrogens (primary N) is 1. The highest BCUT2D eigenvalue weighted by atomic mass is 16.5. The van der Waals surface area contributed by atoms with E-state index in [-0.39, 0.29) is 0 Å². The van der Waals surface area contributed by atoms with E-state index < -0.39 is 0 Å². The number of rotatable bonds is 4. The van der Waals surface area contributed by atoms with E-state index in [4.69, 9.17) is 10.5 Å². The molecule has 4 heteroatoms. The number of hydrogen-bond acceptors (Lipinski definition) is 3. The molecule has 1 heterocycles. The van der Waals surface area contributed by atoms with E-state index in [0.717, 1.165) is 22.4 Å². The first-order chi connectivity index (χ1) is 8.19. The lowest BCUT2D eigenvalue weighted by molar-refractivity contribution is 0.303. The number of nitrogens with zero attached hydrogens (tertiary/aromatic N) is 2. The van der Waals surface area contributed by atoms with Crippen LogP contribution in [0.3, 0.4) is 0 Å². The molecule has 90 valence electrons. The van der Waals surface area contributed by atoms with E-state index >= 15 is 0 Å². The average Bonchev–Trinajstić information content (AvgIpc) is 2.74. The second kappa shape index (κ2) is 5.01. The Bertz CT molecular complexity index is 505. The Balaban J connectivity index is 2.07. The lowest BCUT2D eigenvalue weighted by atomic mass is 10.1. The maximum atomic E-state index is 5.77. The Morgan fingerprint density at radius 2 is 2.18 bits per heavy atom. The normalized spacial score (nSPS) is 10.5. The van der Waals surface area contributed by atoms with Crippen molar-refractivity contribution in [1.82, 2.24) is 9.78 Å². The van der Waals surface area contributed by atoms with Crippen molar-refractivity contribution in [2.75, 3.05) is 0 Å². The molecular weight excluding hydrogens is 214 g/mol. The predicted molar refractivity (Wildman–Crippen MR) is 66.6 cm³/mol. The zero-order chi connectivity index (χ0) is 12.3. The van der Waals surface area contributed by atoms with Gasteiger partial charge in [-0.25, -0.2) is 0 Å². The Morgan fingerprint density at radius 1 is 1.35 bits per heavy atom. The molecule has 0 atom stereocenters. The topological polar surface area (TPSA) is 53.1 Å². The molecule has 0 saturated heterocycles. The zero-order valence-electron chi connectivity index (χ0n) is 10.2. The summed E-state index contributed by atoms with van der Waals surface area (Å²) in [6.45, 7) is 3.09. The summed E-state index contributed by atoms with van der Waals surface area (Å²) in [7, 11) is 1.89. The molecule has 4 nitrogen and oxygen atoms in total. The molecule has 0 bridgehead atoms. The molecule has 0 aliphatic heterocycles. The van der Waals surface area contributed by atoms with Gasteiger partial charge >= 0.3 is 0 Å². The second-order valence-electron chi connectivity index (χ2n) is 4.11. The van der Waals surface area contributed by atoms with Crippen molar-refractivity contribution in [2.45, 2.75) is 20.1 Å². The van der Waals surface area contributed by atoms with Crippen molar-refractivity contribution >= 4 is 0 Å². The Morgan fingerprint density at radius 3 is 2.82 bits per heavy atom. The third-order valence-electron chi connectivity index (χ3n) is 2.64. The van der Waals surface area contributed by atoms with Gasteiger partial charge in [-0.1, -0.05) is 12.1 Å². The summed E-state index contributed by atoms with van der Waals surface area (Å²) < 4.78 is 7.54. The third kappa shape index (κ3) is 2.85. The quantitative estimate of drug-likeness (QED) is 0.872. The van der Waals surface area contributed by atoms with Gasteiger partial charge in [0.05, 0.1) is 6.20 Å². The lowest BCUT2D eigenvalue weighted by Crippen LogP contribution is -2.00. The lowest BCUT2D eigenvalue weighted by Gasteiger charge is -2.09. The highest BCUT2D eigenvalue weighted by Crippen LogP contribution is 2.20. The molecule has 17 heavy (non-hydrogen) atoms. The van der Waals surface area contributed by atoms with Crippen molar-refractivity contribution in [2.24, 2.45) is 12.8 Å². The average molecular weight is 231 g/mol. The van der Waals surface area contributed by atoms with Gasteiger partial charge in [0.1, 0.15) is 12.4 Å². The fourth-order valence-corrected chi connectivity index (χ4v) is 1.63. The van der Waals surface area contributed by atoms with Crippen molar-refractivity contribution in [1.29, 1.82) is 0 Å². The smallest absolute Gasteiger partial charge is 0.123 e. The van der Waals surface area contributed by atoms with Gasteiger partial charge in [0.2, 0.25) is 0 Å². The molecule has 0 aliphatic rings. The van der Waals surface area contributed by atoms with E-state index in [1.54, 1.807) is 4.68 Å². The van der Waals surface area contributed by atoms with Crippen molar-refractivity contribution in [3.63, 3.8) is 0 Å². The number of benzene rings is 1. The monoisotopic (exact) mass is 231 g/mol. The van der Waals surface area contributed by atoms with Crippen molar-refractivity contribution < 1.29 is 4.74 Å². The number of aryl methyl sites for hydroxylation is 2. The first-order valence-electron chi connectivity index (χ1n) is 5.59. The van der Waals surface area contributed by atoms with Crippen LogP contribution in [0.15, 0.2) is 30.6 Å². The van der Waals surface area contributed by atoms with Crippen molar-refractivity contribution in [3.05, 3.63) is 47.3 Å². The predicted octanol–water partition coefficient (Wildman–Crippen LogP) is 1.77. The minimum Gasteiger partial charge on any atom is -0.489 e. The highest BCUT2D eigenvalue weighted by molar-refractivity contribution is 5.36. The maximum absolute atomic E-state index is 5.77. The summed E-state index contributed by atoms with van der Waals surface area (Å²) in [5.41, 5.74) is 8.87. The Kier molecular flexibility index (Phi) is 3.44. The van der Waals surface area contributed by atoms with Gasteiger partial charge in [-0.05, 0) is 24.1 Å². The van der Waals surface area contributed by atoms with Crippen LogP contribution in [0.5, 0.6) is 5.75 Å². The van der Waals surface area contributed by atoms with Crippen LogP contribution in [0.1, 0.15) is 16.7 Å². The SMILES string of the molecule is Cc1ccc(CN)cc1OCc1cnn(C)c1. The summed E-state index contributed by atoms with van der Waals surface area (Å²) in [6.07, 6.45) is 3.75. The summed E-state index contributed by atoms with van der Waals surface area (Å²) in [5.74, 6) is 0.886. The molecule has 0 radical (unpaired) electrons. The fraction of sp³-hybridized carbons (Fsp3) is 0.308. The molecule has 2 N–H and O–H groups in total. The molecule has 0 saturated carbocycles. The molecular formula is C13H17N3O. The summed E-state index contributed by atoms with van der Waals surface area (Å²) in [5, 5.41) is 4.10. The number of ether oxygens (including phenoxy) is 1. The largest absolute Gasteiger partial charge is 0.489 e. The molecule has 2 aromatic rings. The van der Waals surface area contributed by atoms with Gasteiger partial charge < -0.3 is 10.5 Å². The first-order valence-corrected chi connectivity index (χ1v) is 5.59. The molecule has 1 aromatic carbocycles. The summed E-state index contributed by atoms with van der Waals surface area (Å²) >= 11 is 0. The van der Waals surface area contributed by atoms with Gasteiger partial charge in [0.15, 0.2) is 0 Å². The van der Waals surface area contributed by atoms with Gasteiger partial charge in [-0.3, -0.25) is 4.68 Å². The summed E-state index contributed by atoms with van der Waals surface area (Å²) in [6, 6.07) is 6.04. The highest BCUT2D eigenvalue weighted by Gasteiger charge is 2.02. The minimum atomic E-state index is 0.530. The third-order valence-corrected chi connectivity index (χ3v) is 2.64. The van der Waals surface area contributed by atoms with Crippen LogP contribution < -0.4 is 10.5 Å². The van der Waals surface area contributed by atoms with Gasteiger partial charge in [0, 0.05) is 25.4 Å². The van der Waals surface area contributed by atoms with Crippen LogP contribution in [-0.4, -0.2) is 9.78 Å². The second-order valence-corrected chi connectivity index (χ2v) is 4.11. The van der Waals surface area contributed by atoms with Crippen LogP contribution in [0.4, 0.5) is 0 Å². The van der Waals surface area contributed by atoms with Gasteiger partial charge in [-0.2, -0.15) is 5.10 Å². The molecule has 0 amide bonds. The maximum Gasteiger partial charge on any atom is 0.123 e.